The van der Waals surface area contributed by atoms with E-state index in [9.17, 15) is 4.79 Å². The Morgan fingerprint density at radius 1 is 1.15 bits per heavy atom. The predicted molar refractivity (Wildman–Crippen MR) is 108 cm³/mol. The summed E-state index contributed by atoms with van der Waals surface area (Å²) in [7, 11) is 0. The number of likely N-dealkylation sites (tertiary alicyclic amines) is 2. The Bertz CT molecular complexity index is 627. The largest absolute Gasteiger partial charge is 0.342 e. The van der Waals surface area contributed by atoms with Gasteiger partial charge in [0, 0.05) is 25.7 Å². The van der Waals surface area contributed by atoms with E-state index < -0.39 is 0 Å². The number of aryl methyl sites for hydroxylation is 2. The van der Waals surface area contributed by atoms with Crippen LogP contribution in [0.5, 0.6) is 0 Å². The average Bonchev–Trinajstić information content (AvgIpc) is 2.62. The molecule has 0 radical (unpaired) electrons. The highest BCUT2D eigenvalue weighted by molar-refractivity contribution is 5.78. The third-order valence-electron chi connectivity index (χ3n) is 5.87. The maximum Gasteiger partial charge on any atom is 0.236 e. The molecule has 1 aromatic carbocycles. The van der Waals surface area contributed by atoms with Crippen LogP contribution in [0, 0.1) is 19.8 Å². The number of nitrogens with zero attached hydrogens (tertiary/aromatic N) is 2. The van der Waals surface area contributed by atoms with E-state index in [1.165, 1.54) is 16.7 Å². The van der Waals surface area contributed by atoms with E-state index >= 15 is 0 Å². The lowest BCUT2D eigenvalue weighted by Gasteiger charge is -2.35. The smallest absolute Gasteiger partial charge is 0.236 e. The van der Waals surface area contributed by atoms with E-state index in [-0.39, 0.29) is 11.9 Å². The lowest BCUT2D eigenvalue weighted by atomic mass is 9.94. The Kier molecular flexibility index (Phi) is 6.49. The molecule has 3 rings (SSSR count). The molecule has 2 aliphatic rings. The van der Waals surface area contributed by atoms with Crippen molar-refractivity contribution in [1.82, 2.24) is 9.80 Å². The van der Waals surface area contributed by atoms with Crippen LogP contribution < -0.4 is 5.73 Å². The molecule has 2 N–H and O–H groups in total. The molecule has 2 fully saturated rings. The van der Waals surface area contributed by atoms with Crippen molar-refractivity contribution in [3.8, 4) is 0 Å². The molecule has 0 aliphatic carbocycles. The van der Waals surface area contributed by atoms with Crippen LogP contribution >= 0.6 is 0 Å². The quantitative estimate of drug-likeness (QED) is 0.903. The molecule has 1 atom stereocenters. The second kappa shape index (κ2) is 8.83. The summed E-state index contributed by atoms with van der Waals surface area (Å²) >= 11 is 0. The molecule has 2 heterocycles. The third-order valence-corrected chi connectivity index (χ3v) is 5.87. The number of carbonyl (C=O) groups is 1. The first-order chi connectivity index (χ1) is 12.5. The topological polar surface area (TPSA) is 49.6 Å². The Morgan fingerprint density at radius 2 is 1.85 bits per heavy atom. The van der Waals surface area contributed by atoms with Crippen molar-refractivity contribution in [3.63, 3.8) is 0 Å². The van der Waals surface area contributed by atoms with Crippen LogP contribution in [0.1, 0.15) is 42.4 Å². The maximum atomic E-state index is 12.6. The number of nitrogens with two attached hydrogens (primary N) is 1. The number of carbonyl (C=O) groups excluding carboxylic acids is 1. The molecule has 26 heavy (non-hydrogen) atoms. The molecule has 0 unspecified atom stereocenters. The van der Waals surface area contributed by atoms with Gasteiger partial charge >= 0.3 is 0 Å². The van der Waals surface area contributed by atoms with Crippen LogP contribution in [0.15, 0.2) is 24.3 Å². The van der Waals surface area contributed by atoms with Gasteiger partial charge < -0.3 is 10.6 Å². The van der Waals surface area contributed by atoms with Crippen molar-refractivity contribution in [2.75, 3.05) is 32.7 Å². The highest BCUT2D eigenvalue weighted by Crippen LogP contribution is 2.22. The van der Waals surface area contributed by atoms with E-state index in [2.05, 4.69) is 49.1 Å². The summed E-state index contributed by atoms with van der Waals surface area (Å²) in [4.78, 5) is 16.8. The average molecular weight is 356 g/mol. The second-order valence-electron chi connectivity index (χ2n) is 8.02. The molecule has 0 spiro atoms. The number of amides is 1. The number of piperidine rings is 2. The van der Waals surface area contributed by atoms with Crippen molar-refractivity contribution >= 4 is 12.0 Å². The summed E-state index contributed by atoms with van der Waals surface area (Å²) < 4.78 is 0. The number of hydrogen-bond donors (Lipinski definition) is 1. The zero-order chi connectivity index (χ0) is 18.5. The summed E-state index contributed by atoms with van der Waals surface area (Å²) in [6, 6.07) is 6.68. The van der Waals surface area contributed by atoms with Gasteiger partial charge in [-0.05, 0) is 68.7 Å². The molecule has 4 nitrogen and oxygen atoms in total. The molecule has 1 amide bonds. The van der Waals surface area contributed by atoms with Gasteiger partial charge in [0.05, 0.1) is 6.54 Å². The Hall–Kier alpha value is -1.65. The SMILES string of the molecule is Cc1cccc(C)c1/C=C/C1CCN(C(=O)CN2CCC[C@H](N)C2)CC1. The molecular weight excluding hydrogens is 322 g/mol. The van der Waals surface area contributed by atoms with Crippen LogP contribution in [0.3, 0.4) is 0 Å². The number of benzene rings is 1. The van der Waals surface area contributed by atoms with Gasteiger partial charge in [0.2, 0.25) is 5.91 Å². The van der Waals surface area contributed by atoms with Crippen LogP contribution in [-0.4, -0.2) is 54.5 Å². The molecule has 0 bridgehead atoms. The van der Waals surface area contributed by atoms with Crippen LogP contribution in [0.2, 0.25) is 0 Å². The van der Waals surface area contributed by atoms with Crippen molar-refractivity contribution in [1.29, 1.82) is 0 Å². The number of rotatable bonds is 4. The third kappa shape index (κ3) is 4.95. The van der Waals surface area contributed by atoms with Crippen molar-refractivity contribution in [2.45, 2.75) is 45.6 Å². The zero-order valence-corrected chi connectivity index (χ0v) is 16.3. The first-order valence-electron chi connectivity index (χ1n) is 10.0. The molecule has 142 valence electrons. The Morgan fingerprint density at radius 3 is 2.50 bits per heavy atom. The van der Waals surface area contributed by atoms with Crippen molar-refractivity contribution in [2.24, 2.45) is 11.7 Å². The van der Waals surface area contributed by atoms with Crippen molar-refractivity contribution in [3.05, 3.63) is 41.0 Å². The molecule has 2 saturated heterocycles. The van der Waals surface area contributed by atoms with Gasteiger partial charge in [-0.15, -0.1) is 0 Å². The standard InChI is InChI=1S/C22H33N3O/c1-17-5-3-6-18(2)21(17)9-8-19-10-13-25(14-11-19)22(26)16-24-12-4-7-20(23)15-24/h3,5-6,8-9,19-20H,4,7,10-16,23H2,1-2H3/b9-8+/t20-/m0/s1. The number of hydrogen-bond acceptors (Lipinski definition) is 3. The molecule has 1 aromatic rings. The van der Waals surface area contributed by atoms with E-state index in [1.807, 2.05) is 4.90 Å². The van der Waals surface area contributed by atoms with Crippen LogP contribution in [0.4, 0.5) is 0 Å². The summed E-state index contributed by atoms with van der Waals surface area (Å²) in [5.74, 6) is 0.845. The van der Waals surface area contributed by atoms with Gasteiger partial charge in [-0.1, -0.05) is 30.4 Å². The van der Waals surface area contributed by atoms with Gasteiger partial charge in [-0.2, -0.15) is 0 Å². The lowest BCUT2D eigenvalue weighted by Crippen LogP contribution is -2.49. The monoisotopic (exact) mass is 355 g/mol. The minimum atomic E-state index is 0.234. The van der Waals surface area contributed by atoms with E-state index in [0.29, 0.717) is 12.5 Å². The minimum Gasteiger partial charge on any atom is -0.342 e. The normalized spacial score (nSPS) is 22.9. The maximum absolute atomic E-state index is 12.6. The molecule has 0 saturated carbocycles. The summed E-state index contributed by atoms with van der Waals surface area (Å²) in [5.41, 5.74) is 10.0. The van der Waals surface area contributed by atoms with Gasteiger partial charge in [-0.3, -0.25) is 9.69 Å². The summed E-state index contributed by atoms with van der Waals surface area (Å²) in [5, 5.41) is 0. The van der Waals surface area contributed by atoms with Gasteiger partial charge in [0.15, 0.2) is 0 Å². The summed E-state index contributed by atoms with van der Waals surface area (Å²) in [6.45, 7) is 8.49. The molecular formula is C22H33N3O. The van der Waals surface area contributed by atoms with E-state index in [1.54, 1.807) is 0 Å². The minimum absolute atomic E-state index is 0.234. The van der Waals surface area contributed by atoms with Gasteiger partial charge in [0.25, 0.3) is 0 Å². The molecule has 4 heteroatoms. The highest BCUT2D eigenvalue weighted by Gasteiger charge is 2.25. The second-order valence-corrected chi connectivity index (χ2v) is 8.02. The van der Waals surface area contributed by atoms with Crippen molar-refractivity contribution < 1.29 is 4.79 Å². The fourth-order valence-electron chi connectivity index (χ4n) is 4.19. The van der Waals surface area contributed by atoms with E-state index in [0.717, 1.165) is 51.9 Å². The number of allylic oxidation sites excluding steroid dienone is 1. The van der Waals surface area contributed by atoms with Crippen LogP contribution in [0.25, 0.3) is 6.08 Å². The predicted octanol–water partition coefficient (Wildman–Crippen LogP) is 2.98. The molecule has 2 aliphatic heterocycles. The zero-order valence-electron chi connectivity index (χ0n) is 16.3. The Labute approximate surface area is 158 Å². The first-order valence-corrected chi connectivity index (χ1v) is 10.0. The lowest BCUT2D eigenvalue weighted by molar-refractivity contribution is -0.133. The fourth-order valence-corrected chi connectivity index (χ4v) is 4.19. The highest BCUT2D eigenvalue weighted by atomic mass is 16.2. The molecule has 0 aromatic heterocycles. The van der Waals surface area contributed by atoms with Gasteiger partial charge in [0.1, 0.15) is 0 Å². The van der Waals surface area contributed by atoms with E-state index in [4.69, 9.17) is 5.73 Å². The first kappa shape index (κ1) is 19.1. The van der Waals surface area contributed by atoms with Gasteiger partial charge in [-0.25, -0.2) is 0 Å². The fraction of sp³-hybridized carbons (Fsp3) is 0.591. The Balaban J connectivity index is 1.48. The van der Waals surface area contributed by atoms with Crippen LogP contribution in [-0.2, 0) is 4.79 Å². The summed E-state index contributed by atoms with van der Waals surface area (Å²) in [6.07, 6.45) is 8.95.